The molecule has 1 aromatic rings. The van der Waals surface area contributed by atoms with E-state index in [9.17, 15) is 0 Å². The molecule has 104 valence electrons. The van der Waals surface area contributed by atoms with Crippen LogP contribution in [0.3, 0.4) is 0 Å². The summed E-state index contributed by atoms with van der Waals surface area (Å²) in [6, 6.07) is 0. The van der Waals surface area contributed by atoms with E-state index in [2.05, 4.69) is 16.0 Å². The van der Waals surface area contributed by atoms with Gasteiger partial charge in [0.15, 0.2) is 0 Å². The van der Waals surface area contributed by atoms with Crippen LogP contribution in [0.15, 0.2) is 24.0 Å². The van der Waals surface area contributed by atoms with Crippen molar-refractivity contribution in [3.05, 3.63) is 35.4 Å². The fraction of sp³-hybridized carbons (Fsp3) is 0.600. The summed E-state index contributed by atoms with van der Waals surface area (Å²) in [7, 11) is 0. The van der Waals surface area contributed by atoms with E-state index in [-0.39, 0.29) is 0 Å². The quantitative estimate of drug-likeness (QED) is 0.816. The summed E-state index contributed by atoms with van der Waals surface area (Å²) in [4.78, 5) is 8.98. The van der Waals surface area contributed by atoms with E-state index < -0.39 is 0 Å². The summed E-state index contributed by atoms with van der Waals surface area (Å²) in [5.74, 6) is 2.11. The lowest BCUT2D eigenvalue weighted by molar-refractivity contribution is 0.133. The third-order valence-corrected chi connectivity index (χ3v) is 3.83. The number of hydrogen-bond acceptors (Lipinski definition) is 3. The topological polar surface area (TPSA) is 35.0 Å². The fourth-order valence-corrected chi connectivity index (χ4v) is 2.75. The monoisotopic (exact) mass is 280 g/mol. The van der Waals surface area contributed by atoms with Crippen molar-refractivity contribution in [2.24, 2.45) is 5.92 Å². The van der Waals surface area contributed by atoms with Crippen LogP contribution >= 0.6 is 11.6 Å². The first-order chi connectivity index (χ1) is 9.33. The van der Waals surface area contributed by atoms with Gasteiger partial charge in [0.25, 0.3) is 0 Å². The maximum atomic E-state index is 5.63. The molecule has 0 unspecified atom stereocenters. The second-order valence-corrected chi connectivity index (χ2v) is 5.27. The van der Waals surface area contributed by atoms with Crippen LogP contribution in [0, 0.1) is 5.92 Å². The molecular formula is C15H21ClN2O. The second kappa shape index (κ2) is 7.61. The zero-order valence-electron chi connectivity index (χ0n) is 11.4. The number of hydrogen-bond donors (Lipinski definition) is 0. The van der Waals surface area contributed by atoms with Gasteiger partial charge in [-0.2, -0.15) is 0 Å². The van der Waals surface area contributed by atoms with Crippen LogP contribution in [0.4, 0.5) is 0 Å². The summed E-state index contributed by atoms with van der Waals surface area (Å²) < 4.78 is 5.35. The molecule has 1 fully saturated rings. The first-order valence-corrected chi connectivity index (χ1v) is 7.42. The standard InChI is InChI=1S/C15H21ClN2O/c1-2-19-11-13-9-17-15(18-10-13)14-5-3-12(4-6-14)7-8-16/h7-10,12,14H,2-6,11H2,1H3/b8-7+/t12-,14-. The van der Waals surface area contributed by atoms with Gasteiger partial charge in [0.05, 0.1) is 6.61 Å². The van der Waals surface area contributed by atoms with E-state index in [1.165, 1.54) is 12.8 Å². The maximum Gasteiger partial charge on any atom is 0.131 e. The second-order valence-electron chi connectivity index (χ2n) is 5.02. The lowest BCUT2D eigenvalue weighted by atomic mass is 9.82. The molecule has 0 aromatic carbocycles. The molecule has 0 saturated heterocycles. The van der Waals surface area contributed by atoms with Gasteiger partial charge in [-0.15, -0.1) is 0 Å². The molecule has 1 heterocycles. The van der Waals surface area contributed by atoms with Crippen LogP contribution in [0.5, 0.6) is 0 Å². The number of aromatic nitrogens is 2. The number of nitrogens with zero attached hydrogens (tertiary/aromatic N) is 2. The molecule has 3 nitrogen and oxygen atoms in total. The molecule has 0 N–H and O–H groups in total. The Morgan fingerprint density at radius 1 is 1.26 bits per heavy atom. The first kappa shape index (κ1) is 14.5. The molecule has 0 aliphatic heterocycles. The van der Waals surface area contributed by atoms with Gasteiger partial charge in [-0.05, 0) is 38.5 Å². The third-order valence-electron chi connectivity index (χ3n) is 3.68. The first-order valence-electron chi connectivity index (χ1n) is 6.99. The molecule has 1 aromatic heterocycles. The lowest BCUT2D eigenvalue weighted by Gasteiger charge is -2.25. The minimum atomic E-state index is 0.501. The lowest BCUT2D eigenvalue weighted by Crippen LogP contribution is -2.14. The van der Waals surface area contributed by atoms with Gasteiger partial charge in [0, 0.05) is 36.0 Å². The van der Waals surface area contributed by atoms with Gasteiger partial charge in [0.2, 0.25) is 0 Å². The van der Waals surface area contributed by atoms with Crippen molar-refractivity contribution in [1.82, 2.24) is 9.97 Å². The summed E-state index contributed by atoms with van der Waals surface area (Å²) in [5, 5.41) is 0. The Morgan fingerprint density at radius 3 is 2.53 bits per heavy atom. The van der Waals surface area contributed by atoms with Gasteiger partial charge in [0.1, 0.15) is 5.82 Å². The molecule has 1 aliphatic rings. The van der Waals surface area contributed by atoms with Crippen molar-refractivity contribution in [2.75, 3.05) is 6.61 Å². The Morgan fingerprint density at radius 2 is 1.95 bits per heavy atom. The normalized spacial score (nSPS) is 23.9. The van der Waals surface area contributed by atoms with E-state index in [1.54, 1.807) is 5.54 Å². The molecule has 0 radical (unpaired) electrons. The fourth-order valence-electron chi connectivity index (χ4n) is 2.54. The number of halogens is 1. The Kier molecular flexibility index (Phi) is 5.80. The number of ether oxygens (including phenoxy) is 1. The molecule has 1 saturated carbocycles. The molecule has 4 heteroatoms. The summed E-state index contributed by atoms with van der Waals surface area (Å²) in [5.41, 5.74) is 2.69. The average Bonchev–Trinajstić information content (AvgIpc) is 2.47. The van der Waals surface area contributed by atoms with Crippen molar-refractivity contribution in [1.29, 1.82) is 0 Å². The average molecular weight is 281 g/mol. The van der Waals surface area contributed by atoms with Crippen molar-refractivity contribution in [3.63, 3.8) is 0 Å². The molecule has 0 bridgehead atoms. The minimum absolute atomic E-state index is 0.501. The highest BCUT2D eigenvalue weighted by Crippen LogP contribution is 2.34. The summed E-state index contributed by atoms with van der Waals surface area (Å²) >= 11 is 5.63. The smallest absolute Gasteiger partial charge is 0.131 e. The van der Waals surface area contributed by atoms with Crippen LogP contribution in [0.1, 0.15) is 49.9 Å². The maximum absolute atomic E-state index is 5.63. The minimum Gasteiger partial charge on any atom is -0.377 e. The highest BCUT2D eigenvalue weighted by Gasteiger charge is 2.22. The molecular weight excluding hydrogens is 260 g/mol. The van der Waals surface area contributed by atoms with E-state index in [0.29, 0.717) is 18.4 Å². The number of rotatable bonds is 5. The van der Waals surface area contributed by atoms with Gasteiger partial charge >= 0.3 is 0 Å². The summed E-state index contributed by atoms with van der Waals surface area (Å²) in [6.07, 6.45) is 10.5. The molecule has 19 heavy (non-hydrogen) atoms. The largest absolute Gasteiger partial charge is 0.377 e. The van der Waals surface area contributed by atoms with Crippen LogP contribution in [-0.4, -0.2) is 16.6 Å². The highest BCUT2D eigenvalue weighted by atomic mass is 35.5. The van der Waals surface area contributed by atoms with Crippen LogP contribution < -0.4 is 0 Å². The highest BCUT2D eigenvalue weighted by molar-refractivity contribution is 6.25. The van der Waals surface area contributed by atoms with Crippen molar-refractivity contribution < 1.29 is 4.74 Å². The molecule has 0 spiro atoms. The van der Waals surface area contributed by atoms with Gasteiger partial charge in [-0.3, -0.25) is 0 Å². The van der Waals surface area contributed by atoms with E-state index in [0.717, 1.165) is 30.8 Å². The van der Waals surface area contributed by atoms with Crippen molar-refractivity contribution in [3.8, 4) is 0 Å². The van der Waals surface area contributed by atoms with E-state index in [1.807, 2.05) is 19.3 Å². The molecule has 1 aliphatic carbocycles. The van der Waals surface area contributed by atoms with Crippen molar-refractivity contribution >= 4 is 11.6 Å². The van der Waals surface area contributed by atoms with Gasteiger partial charge in [-0.1, -0.05) is 17.7 Å². The van der Waals surface area contributed by atoms with Gasteiger partial charge in [-0.25, -0.2) is 9.97 Å². The van der Waals surface area contributed by atoms with Crippen LogP contribution in [0.25, 0.3) is 0 Å². The predicted octanol–water partition coefficient (Wildman–Crippen LogP) is 4.04. The molecule has 2 rings (SSSR count). The van der Waals surface area contributed by atoms with E-state index in [4.69, 9.17) is 16.3 Å². The molecule has 0 atom stereocenters. The van der Waals surface area contributed by atoms with Crippen LogP contribution in [0.2, 0.25) is 0 Å². The van der Waals surface area contributed by atoms with Crippen molar-refractivity contribution in [2.45, 2.75) is 45.1 Å². The predicted molar refractivity (Wildman–Crippen MR) is 77.1 cm³/mol. The Hall–Kier alpha value is -0.930. The van der Waals surface area contributed by atoms with Crippen LogP contribution in [-0.2, 0) is 11.3 Å². The zero-order chi connectivity index (χ0) is 13.5. The molecule has 0 amide bonds. The zero-order valence-corrected chi connectivity index (χ0v) is 12.1. The Bertz CT molecular complexity index is 397. The van der Waals surface area contributed by atoms with E-state index >= 15 is 0 Å². The third kappa shape index (κ3) is 4.29. The summed E-state index contributed by atoms with van der Waals surface area (Å²) in [6.45, 7) is 3.31. The number of allylic oxidation sites excluding steroid dienone is 1. The SMILES string of the molecule is CCOCc1cnc([C@H]2CC[C@H](/C=C/Cl)CC2)nc1. The van der Waals surface area contributed by atoms with Gasteiger partial charge < -0.3 is 4.74 Å². The Labute approximate surface area is 120 Å². The Balaban J connectivity index is 1.89.